The number of aromatic nitrogens is 2. The molecule has 2 aromatic carbocycles. The van der Waals surface area contributed by atoms with E-state index in [1.807, 2.05) is 0 Å². The van der Waals surface area contributed by atoms with Gasteiger partial charge in [0, 0.05) is 22.2 Å². The molecule has 138 valence electrons. The zero-order chi connectivity index (χ0) is 19.6. The molecule has 4 aromatic rings. The van der Waals surface area contributed by atoms with Crippen molar-refractivity contribution in [2.24, 2.45) is 0 Å². The summed E-state index contributed by atoms with van der Waals surface area (Å²) in [6.07, 6.45) is 1.57. The van der Waals surface area contributed by atoms with Crippen molar-refractivity contribution in [2.75, 3.05) is 0 Å². The predicted molar refractivity (Wildman–Crippen MR) is 102 cm³/mol. The van der Waals surface area contributed by atoms with E-state index in [4.69, 9.17) is 11.6 Å². The van der Waals surface area contributed by atoms with Crippen molar-refractivity contribution in [3.63, 3.8) is 0 Å². The molecule has 5 rings (SSSR count). The van der Waals surface area contributed by atoms with Gasteiger partial charge >= 0.3 is 0 Å². The molecular weight excluding hydrogens is 386 g/mol. The Morgan fingerprint density at radius 3 is 2.61 bits per heavy atom. The summed E-state index contributed by atoms with van der Waals surface area (Å²) in [5, 5.41) is 0.342. The molecule has 0 atom stereocenters. The smallest absolute Gasteiger partial charge is 0.268 e. The molecule has 0 fully saturated rings. The number of carbonyl (C=O) groups excluding carboxylic acids is 1. The molecular formula is C21H11ClF2N2O2. The number of pyridine rings is 1. The van der Waals surface area contributed by atoms with Gasteiger partial charge in [-0.2, -0.15) is 0 Å². The van der Waals surface area contributed by atoms with Gasteiger partial charge in [0.05, 0.1) is 23.4 Å². The van der Waals surface area contributed by atoms with E-state index in [0.29, 0.717) is 22.5 Å². The Labute approximate surface area is 162 Å². The monoisotopic (exact) mass is 396 g/mol. The Bertz CT molecular complexity index is 1370. The summed E-state index contributed by atoms with van der Waals surface area (Å²) in [6, 6.07) is 11.5. The molecule has 0 amide bonds. The van der Waals surface area contributed by atoms with E-state index in [9.17, 15) is 18.4 Å². The SMILES string of the molecule is O=C1c2c(n(Cc3ccc(Cl)cc3F)c3ccc(F)cc3c2=O)-c2cccn21. The summed E-state index contributed by atoms with van der Waals surface area (Å²) < 4.78 is 31.3. The Kier molecular flexibility index (Phi) is 3.54. The number of benzene rings is 2. The van der Waals surface area contributed by atoms with E-state index in [0.717, 1.165) is 6.07 Å². The Morgan fingerprint density at radius 1 is 1.00 bits per heavy atom. The lowest BCUT2D eigenvalue weighted by Gasteiger charge is -2.17. The van der Waals surface area contributed by atoms with Gasteiger partial charge in [-0.25, -0.2) is 8.78 Å². The first kappa shape index (κ1) is 16.9. The fourth-order valence-electron chi connectivity index (χ4n) is 3.74. The summed E-state index contributed by atoms with van der Waals surface area (Å²) in [4.78, 5) is 25.7. The van der Waals surface area contributed by atoms with E-state index in [2.05, 4.69) is 0 Å². The Balaban J connectivity index is 1.88. The lowest BCUT2D eigenvalue weighted by atomic mass is 10.1. The molecule has 0 unspecified atom stereocenters. The minimum atomic E-state index is -0.584. The van der Waals surface area contributed by atoms with Crippen molar-refractivity contribution in [3.8, 4) is 11.4 Å². The maximum atomic E-state index is 14.5. The van der Waals surface area contributed by atoms with Crippen molar-refractivity contribution in [3.05, 3.63) is 92.7 Å². The van der Waals surface area contributed by atoms with Gasteiger partial charge in [0.1, 0.15) is 17.2 Å². The molecule has 0 radical (unpaired) electrons. The van der Waals surface area contributed by atoms with Gasteiger partial charge < -0.3 is 4.57 Å². The van der Waals surface area contributed by atoms with E-state index in [1.165, 1.54) is 22.8 Å². The molecule has 0 spiro atoms. The zero-order valence-corrected chi connectivity index (χ0v) is 15.0. The topological polar surface area (TPSA) is 44.0 Å². The van der Waals surface area contributed by atoms with Crippen LogP contribution in [0.4, 0.5) is 8.78 Å². The molecule has 0 bridgehead atoms. The minimum absolute atomic E-state index is 0.0388. The summed E-state index contributed by atoms with van der Waals surface area (Å²) in [7, 11) is 0. The van der Waals surface area contributed by atoms with Crippen molar-refractivity contribution >= 4 is 28.4 Å². The van der Waals surface area contributed by atoms with E-state index in [-0.39, 0.29) is 22.5 Å². The Hall–Kier alpha value is -3.25. The second kappa shape index (κ2) is 5.87. The van der Waals surface area contributed by atoms with Gasteiger partial charge in [-0.05, 0) is 42.5 Å². The summed E-state index contributed by atoms with van der Waals surface area (Å²) in [5.74, 6) is -1.56. The first-order valence-electron chi connectivity index (χ1n) is 8.48. The van der Waals surface area contributed by atoms with Crippen LogP contribution in [0.5, 0.6) is 0 Å². The lowest BCUT2D eigenvalue weighted by Crippen LogP contribution is -2.20. The fraction of sp³-hybridized carbons (Fsp3) is 0.0476. The van der Waals surface area contributed by atoms with Gasteiger partial charge in [0.2, 0.25) is 5.43 Å². The van der Waals surface area contributed by atoms with Crippen LogP contribution >= 0.6 is 11.6 Å². The van der Waals surface area contributed by atoms with E-state index >= 15 is 0 Å². The molecule has 3 heterocycles. The third-order valence-corrected chi connectivity index (χ3v) is 5.23. The fourth-order valence-corrected chi connectivity index (χ4v) is 3.90. The van der Waals surface area contributed by atoms with Crippen LogP contribution < -0.4 is 5.43 Å². The number of nitrogens with zero attached hydrogens (tertiary/aromatic N) is 2. The third-order valence-electron chi connectivity index (χ3n) is 5.00. The molecule has 0 N–H and O–H groups in total. The highest BCUT2D eigenvalue weighted by Gasteiger charge is 2.33. The normalized spacial score (nSPS) is 12.5. The highest BCUT2D eigenvalue weighted by atomic mass is 35.5. The summed E-state index contributed by atoms with van der Waals surface area (Å²) >= 11 is 5.84. The van der Waals surface area contributed by atoms with E-state index in [1.54, 1.807) is 35.0 Å². The quantitative estimate of drug-likeness (QED) is 0.442. The van der Waals surface area contributed by atoms with Crippen LogP contribution in [0.2, 0.25) is 5.02 Å². The number of hydrogen-bond acceptors (Lipinski definition) is 2. The maximum absolute atomic E-state index is 14.5. The van der Waals surface area contributed by atoms with Crippen LogP contribution in [0.3, 0.4) is 0 Å². The van der Waals surface area contributed by atoms with Gasteiger partial charge in [-0.1, -0.05) is 17.7 Å². The maximum Gasteiger partial charge on any atom is 0.268 e. The van der Waals surface area contributed by atoms with E-state index < -0.39 is 23.0 Å². The molecule has 7 heteroatoms. The molecule has 0 aliphatic carbocycles. The highest BCUT2D eigenvalue weighted by Crippen LogP contribution is 2.34. The number of carbonyl (C=O) groups is 1. The van der Waals surface area contributed by atoms with Crippen LogP contribution in [0, 0.1) is 11.6 Å². The summed E-state index contributed by atoms with van der Waals surface area (Å²) in [6.45, 7) is 0.0478. The van der Waals surface area contributed by atoms with Crippen LogP contribution in [0.1, 0.15) is 15.9 Å². The van der Waals surface area contributed by atoms with Crippen LogP contribution in [0.25, 0.3) is 22.3 Å². The molecule has 0 saturated heterocycles. The lowest BCUT2D eigenvalue weighted by molar-refractivity contribution is 0.0968. The van der Waals surface area contributed by atoms with Gasteiger partial charge in [0.15, 0.2) is 0 Å². The molecule has 28 heavy (non-hydrogen) atoms. The second-order valence-electron chi connectivity index (χ2n) is 6.60. The number of hydrogen-bond donors (Lipinski definition) is 0. The average molecular weight is 397 g/mol. The molecule has 1 aliphatic rings. The predicted octanol–water partition coefficient (Wildman–Crippen LogP) is 4.45. The van der Waals surface area contributed by atoms with Crippen molar-refractivity contribution in [1.29, 1.82) is 0 Å². The number of fused-ring (bicyclic) bond motifs is 4. The van der Waals surface area contributed by atoms with Gasteiger partial charge in [0.25, 0.3) is 5.91 Å². The second-order valence-corrected chi connectivity index (χ2v) is 7.04. The van der Waals surface area contributed by atoms with Crippen LogP contribution in [-0.2, 0) is 6.54 Å². The standard InChI is InChI=1S/C21H11ClF2N2O2/c22-12-4-3-11(15(24)8-12)10-26-16-6-5-13(23)9-14(16)20(27)18-19(26)17-2-1-7-25(17)21(18)28/h1-9H,10H2. The number of halogens is 3. The molecule has 2 aromatic heterocycles. The first-order chi connectivity index (χ1) is 13.5. The van der Waals surface area contributed by atoms with Crippen LogP contribution in [0.15, 0.2) is 59.5 Å². The van der Waals surface area contributed by atoms with Gasteiger partial charge in [-0.15, -0.1) is 0 Å². The number of rotatable bonds is 2. The summed E-state index contributed by atoms with van der Waals surface area (Å²) in [5.41, 5.74) is 1.11. The molecule has 1 aliphatic heterocycles. The molecule has 4 nitrogen and oxygen atoms in total. The largest absolute Gasteiger partial charge is 0.334 e. The van der Waals surface area contributed by atoms with Crippen LogP contribution in [-0.4, -0.2) is 15.0 Å². The van der Waals surface area contributed by atoms with Gasteiger partial charge in [-0.3, -0.25) is 14.2 Å². The average Bonchev–Trinajstić information content (AvgIpc) is 3.23. The zero-order valence-electron chi connectivity index (χ0n) is 14.2. The highest BCUT2D eigenvalue weighted by molar-refractivity contribution is 6.30. The first-order valence-corrected chi connectivity index (χ1v) is 8.86. The minimum Gasteiger partial charge on any atom is -0.334 e. The molecule has 0 saturated carbocycles. The van der Waals surface area contributed by atoms with Crippen molar-refractivity contribution in [1.82, 2.24) is 9.13 Å². The van der Waals surface area contributed by atoms with Crippen molar-refractivity contribution in [2.45, 2.75) is 6.54 Å². The van der Waals surface area contributed by atoms with Crippen molar-refractivity contribution < 1.29 is 13.6 Å². The Morgan fingerprint density at radius 2 is 1.82 bits per heavy atom. The third kappa shape index (κ3) is 2.28.